The molecule has 0 radical (unpaired) electrons. The molecule has 0 spiro atoms. The highest BCUT2D eigenvalue weighted by Crippen LogP contribution is 2.09. The fourth-order valence-electron chi connectivity index (χ4n) is 1.81. The van der Waals surface area contributed by atoms with E-state index in [4.69, 9.17) is 5.11 Å². The molecule has 0 saturated carbocycles. The highest BCUT2D eigenvalue weighted by molar-refractivity contribution is 5.75. The number of H-pyrrole nitrogens is 1. The first kappa shape index (κ1) is 11.4. The Morgan fingerprint density at radius 1 is 1.53 bits per heavy atom. The molecule has 0 bridgehead atoms. The van der Waals surface area contributed by atoms with Crippen LogP contribution in [0.3, 0.4) is 0 Å². The van der Waals surface area contributed by atoms with Crippen molar-refractivity contribution < 1.29 is 9.90 Å². The van der Waals surface area contributed by atoms with Crippen LogP contribution in [-0.2, 0) is 11.3 Å². The predicted molar refractivity (Wildman–Crippen MR) is 62.1 cm³/mol. The van der Waals surface area contributed by atoms with E-state index in [0.717, 1.165) is 5.69 Å². The molecule has 0 aliphatic heterocycles. The third-order valence-corrected chi connectivity index (χ3v) is 2.62. The van der Waals surface area contributed by atoms with Crippen LogP contribution >= 0.6 is 0 Å². The Morgan fingerprint density at radius 3 is 2.88 bits per heavy atom. The van der Waals surface area contributed by atoms with Crippen molar-refractivity contribution in [2.75, 3.05) is 0 Å². The number of aryl methyl sites for hydroxylation is 2. The second-order valence-corrected chi connectivity index (χ2v) is 3.97. The third-order valence-electron chi connectivity index (χ3n) is 2.62. The highest BCUT2D eigenvalue weighted by atomic mass is 16.4. The van der Waals surface area contributed by atoms with Crippen molar-refractivity contribution in [3.8, 4) is 0 Å². The van der Waals surface area contributed by atoms with Gasteiger partial charge in [-0.3, -0.25) is 14.2 Å². The van der Waals surface area contributed by atoms with Crippen LogP contribution in [-0.4, -0.2) is 25.6 Å². The Morgan fingerprint density at radius 2 is 2.24 bits per heavy atom. The van der Waals surface area contributed by atoms with Crippen molar-refractivity contribution >= 4 is 17.0 Å². The van der Waals surface area contributed by atoms with Crippen molar-refractivity contribution in [1.29, 1.82) is 0 Å². The van der Waals surface area contributed by atoms with Crippen LogP contribution in [0, 0.1) is 13.8 Å². The Hall–Kier alpha value is -2.11. The number of aromatic amines is 1. The van der Waals surface area contributed by atoms with Gasteiger partial charge >= 0.3 is 5.97 Å². The maximum atomic E-state index is 12.1. The number of nitrogens with zero attached hydrogens (tertiary/aromatic N) is 2. The topological polar surface area (TPSA) is 88.0 Å². The van der Waals surface area contributed by atoms with Gasteiger partial charge in [0.1, 0.15) is 11.5 Å². The first-order chi connectivity index (χ1) is 7.99. The Bertz CT molecular complexity index is 639. The van der Waals surface area contributed by atoms with Crippen LogP contribution in [0.15, 0.2) is 10.9 Å². The first-order valence-corrected chi connectivity index (χ1v) is 5.27. The zero-order valence-corrected chi connectivity index (χ0v) is 9.65. The van der Waals surface area contributed by atoms with Gasteiger partial charge in [-0.25, -0.2) is 4.98 Å². The van der Waals surface area contributed by atoms with Crippen LogP contribution in [0.4, 0.5) is 0 Å². The molecule has 0 aliphatic rings. The first-order valence-electron chi connectivity index (χ1n) is 5.27. The van der Waals surface area contributed by atoms with Crippen LogP contribution in [0.25, 0.3) is 11.0 Å². The van der Waals surface area contributed by atoms with Gasteiger partial charge in [-0.1, -0.05) is 0 Å². The van der Waals surface area contributed by atoms with Crippen LogP contribution in [0.1, 0.15) is 17.9 Å². The molecule has 2 N–H and O–H groups in total. The van der Waals surface area contributed by atoms with E-state index >= 15 is 0 Å². The minimum Gasteiger partial charge on any atom is -0.481 e. The van der Waals surface area contributed by atoms with Gasteiger partial charge in [0.05, 0.1) is 11.8 Å². The molecule has 0 fully saturated rings. The number of rotatable bonds is 3. The SMILES string of the molecule is Cc1cc2c(=O)n(CCC(=O)O)c(C)nc2[nH]1. The van der Waals surface area contributed by atoms with Gasteiger partial charge < -0.3 is 10.1 Å². The number of carbonyl (C=O) groups is 1. The van der Waals surface area contributed by atoms with Gasteiger partial charge in [0.15, 0.2) is 0 Å². The molecular weight excluding hydrogens is 222 g/mol. The molecule has 6 heteroatoms. The Kier molecular flexibility index (Phi) is 2.71. The number of aromatic nitrogens is 3. The van der Waals surface area contributed by atoms with E-state index in [1.54, 1.807) is 13.0 Å². The van der Waals surface area contributed by atoms with Crippen molar-refractivity contribution in [2.45, 2.75) is 26.8 Å². The smallest absolute Gasteiger partial charge is 0.305 e. The lowest BCUT2D eigenvalue weighted by Gasteiger charge is -2.07. The van der Waals surface area contributed by atoms with Crippen molar-refractivity contribution in [3.05, 3.63) is 27.9 Å². The standard InChI is InChI=1S/C11H13N3O3/c1-6-5-8-10(12-6)13-7(2)14(11(8)17)4-3-9(15)16/h5,12H,3-4H2,1-2H3,(H,15,16). The van der Waals surface area contributed by atoms with Gasteiger partial charge in [-0.2, -0.15) is 0 Å². The van der Waals surface area contributed by atoms with E-state index in [0.29, 0.717) is 16.9 Å². The second kappa shape index (κ2) is 4.04. The fourth-order valence-corrected chi connectivity index (χ4v) is 1.81. The van der Waals surface area contributed by atoms with Gasteiger partial charge in [-0.15, -0.1) is 0 Å². The number of hydrogen-bond acceptors (Lipinski definition) is 3. The summed E-state index contributed by atoms with van der Waals surface area (Å²) in [6.45, 7) is 3.68. The molecular formula is C11H13N3O3. The largest absolute Gasteiger partial charge is 0.481 e. The molecule has 2 rings (SSSR count). The number of hydrogen-bond donors (Lipinski definition) is 2. The van der Waals surface area contributed by atoms with E-state index in [1.807, 2.05) is 6.92 Å². The molecule has 0 atom stereocenters. The monoisotopic (exact) mass is 235 g/mol. The molecule has 90 valence electrons. The van der Waals surface area contributed by atoms with Crippen LogP contribution in [0.5, 0.6) is 0 Å². The predicted octanol–water partition coefficient (Wildman–Crippen LogP) is 0.816. The maximum Gasteiger partial charge on any atom is 0.305 e. The molecule has 0 saturated heterocycles. The molecule has 6 nitrogen and oxygen atoms in total. The zero-order chi connectivity index (χ0) is 12.6. The summed E-state index contributed by atoms with van der Waals surface area (Å²) in [5, 5.41) is 9.13. The summed E-state index contributed by atoms with van der Waals surface area (Å²) in [7, 11) is 0. The normalized spacial score (nSPS) is 10.9. The van der Waals surface area contributed by atoms with E-state index in [2.05, 4.69) is 9.97 Å². The van der Waals surface area contributed by atoms with Crippen molar-refractivity contribution in [3.63, 3.8) is 0 Å². The van der Waals surface area contributed by atoms with E-state index < -0.39 is 5.97 Å². The van der Waals surface area contributed by atoms with Gasteiger partial charge in [0.25, 0.3) is 5.56 Å². The minimum atomic E-state index is -0.929. The number of fused-ring (bicyclic) bond motifs is 1. The Labute approximate surface area is 96.9 Å². The third kappa shape index (κ3) is 2.06. The lowest BCUT2D eigenvalue weighted by Crippen LogP contribution is -2.24. The maximum absolute atomic E-state index is 12.1. The molecule has 2 heterocycles. The summed E-state index contributed by atoms with van der Waals surface area (Å²) in [6, 6.07) is 1.72. The molecule has 17 heavy (non-hydrogen) atoms. The zero-order valence-electron chi connectivity index (χ0n) is 9.65. The van der Waals surface area contributed by atoms with Gasteiger partial charge in [0.2, 0.25) is 0 Å². The van der Waals surface area contributed by atoms with Gasteiger partial charge in [-0.05, 0) is 19.9 Å². The minimum absolute atomic E-state index is 0.0860. The second-order valence-electron chi connectivity index (χ2n) is 3.97. The van der Waals surface area contributed by atoms with E-state index in [9.17, 15) is 9.59 Å². The number of aliphatic carboxylic acids is 1. The lowest BCUT2D eigenvalue weighted by atomic mass is 10.3. The molecule has 0 amide bonds. The molecule has 0 aliphatic carbocycles. The number of carboxylic acid groups (broad SMARTS) is 1. The fraction of sp³-hybridized carbons (Fsp3) is 0.364. The molecule has 0 unspecified atom stereocenters. The molecule has 0 aromatic carbocycles. The number of nitrogens with one attached hydrogen (secondary N) is 1. The molecule has 2 aromatic rings. The lowest BCUT2D eigenvalue weighted by molar-refractivity contribution is -0.137. The van der Waals surface area contributed by atoms with Crippen LogP contribution in [0.2, 0.25) is 0 Å². The highest BCUT2D eigenvalue weighted by Gasteiger charge is 2.10. The summed E-state index contributed by atoms with van der Waals surface area (Å²) < 4.78 is 1.39. The van der Waals surface area contributed by atoms with E-state index in [1.165, 1.54) is 4.57 Å². The average Bonchev–Trinajstić information content (AvgIpc) is 2.58. The quantitative estimate of drug-likeness (QED) is 0.824. The summed E-state index contributed by atoms with van der Waals surface area (Å²) in [5.74, 6) is -0.410. The summed E-state index contributed by atoms with van der Waals surface area (Å²) in [4.78, 5) is 29.8. The van der Waals surface area contributed by atoms with Crippen molar-refractivity contribution in [1.82, 2.24) is 14.5 Å². The number of carboxylic acids is 1. The summed E-state index contributed by atoms with van der Waals surface area (Å²) >= 11 is 0. The van der Waals surface area contributed by atoms with Crippen LogP contribution < -0.4 is 5.56 Å². The van der Waals surface area contributed by atoms with Gasteiger partial charge in [0, 0.05) is 12.2 Å². The Balaban J connectivity index is 2.55. The summed E-state index contributed by atoms with van der Waals surface area (Å²) in [6.07, 6.45) is -0.0860. The van der Waals surface area contributed by atoms with Crippen molar-refractivity contribution in [2.24, 2.45) is 0 Å². The molecule has 2 aromatic heterocycles. The van der Waals surface area contributed by atoms with E-state index in [-0.39, 0.29) is 18.5 Å². The summed E-state index contributed by atoms with van der Waals surface area (Å²) in [5.41, 5.74) is 1.22. The average molecular weight is 235 g/mol.